The van der Waals surface area contributed by atoms with Gasteiger partial charge in [0, 0.05) is 15.5 Å². The standard InChI is InChI=1S/C23H23NO2S/c1-16-8-9-18(3)22(14-16)27-20-12-10-19(11-13-20)24-23(25)15-26-21-7-5-4-6-17(21)2/h4-14H,15H2,1-3H3,(H,24,25). The highest BCUT2D eigenvalue weighted by Gasteiger charge is 2.06. The topological polar surface area (TPSA) is 38.3 Å². The number of aryl methyl sites for hydroxylation is 3. The second-order valence-electron chi connectivity index (χ2n) is 6.50. The van der Waals surface area contributed by atoms with Gasteiger partial charge >= 0.3 is 0 Å². The van der Waals surface area contributed by atoms with E-state index in [2.05, 4.69) is 37.4 Å². The number of rotatable bonds is 6. The van der Waals surface area contributed by atoms with E-state index in [4.69, 9.17) is 4.74 Å². The molecule has 0 saturated carbocycles. The summed E-state index contributed by atoms with van der Waals surface area (Å²) >= 11 is 1.73. The predicted octanol–water partition coefficient (Wildman–Crippen LogP) is 5.78. The van der Waals surface area contributed by atoms with Crippen molar-refractivity contribution in [1.82, 2.24) is 0 Å². The number of para-hydroxylation sites is 1. The zero-order chi connectivity index (χ0) is 19.2. The van der Waals surface area contributed by atoms with Crippen molar-refractivity contribution in [3.63, 3.8) is 0 Å². The molecule has 3 nitrogen and oxygen atoms in total. The lowest BCUT2D eigenvalue weighted by Crippen LogP contribution is -2.20. The maximum atomic E-state index is 12.1. The summed E-state index contributed by atoms with van der Waals surface area (Å²) in [6.07, 6.45) is 0. The van der Waals surface area contributed by atoms with E-state index in [0.29, 0.717) is 0 Å². The lowest BCUT2D eigenvalue weighted by atomic mass is 10.2. The highest BCUT2D eigenvalue weighted by Crippen LogP contribution is 2.31. The van der Waals surface area contributed by atoms with Crippen LogP contribution >= 0.6 is 11.8 Å². The number of amides is 1. The Balaban J connectivity index is 1.56. The van der Waals surface area contributed by atoms with E-state index < -0.39 is 0 Å². The smallest absolute Gasteiger partial charge is 0.262 e. The van der Waals surface area contributed by atoms with Gasteiger partial charge in [0.2, 0.25) is 0 Å². The van der Waals surface area contributed by atoms with Gasteiger partial charge in [0.25, 0.3) is 5.91 Å². The molecule has 138 valence electrons. The number of hydrogen-bond donors (Lipinski definition) is 1. The molecule has 1 N–H and O–H groups in total. The summed E-state index contributed by atoms with van der Waals surface area (Å²) in [5, 5.41) is 2.87. The molecule has 27 heavy (non-hydrogen) atoms. The van der Waals surface area contributed by atoms with Crippen LogP contribution in [0.1, 0.15) is 16.7 Å². The van der Waals surface area contributed by atoms with Gasteiger partial charge in [-0.1, -0.05) is 42.1 Å². The van der Waals surface area contributed by atoms with Gasteiger partial charge in [0.1, 0.15) is 5.75 Å². The van der Waals surface area contributed by atoms with Gasteiger partial charge in [-0.25, -0.2) is 0 Å². The van der Waals surface area contributed by atoms with Crippen LogP contribution in [0.2, 0.25) is 0 Å². The summed E-state index contributed by atoms with van der Waals surface area (Å²) in [6, 6.07) is 22.0. The van der Waals surface area contributed by atoms with E-state index in [-0.39, 0.29) is 12.5 Å². The molecule has 0 heterocycles. The third-order valence-electron chi connectivity index (χ3n) is 4.16. The van der Waals surface area contributed by atoms with Crippen molar-refractivity contribution in [1.29, 1.82) is 0 Å². The third kappa shape index (κ3) is 5.38. The number of benzene rings is 3. The van der Waals surface area contributed by atoms with Gasteiger partial charge in [0.05, 0.1) is 0 Å². The van der Waals surface area contributed by atoms with Crippen LogP contribution in [0.5, 0.6) is 5.75 Å². The first-order chi connectivity index (χ1) is 13.0. The van der Waals surface area contributed by atoms with Gasteiger partial charge in [-0.2, -0.15) is 0 Å². The van der Waals surface area contributed by atoms with Crippen molar-refractivity contribution in [3.05, 3.63) is 83.4 Å². The van der Waals surface area contributed by atoms with Crippen LogP contribution in [-0.4, -0.2) is 12.5 Å². The number of nitrogens with one attached hydrogen (secondary N) is 1. The SMILES string of the molecule is Cc1ccc(C)c(Sc2ccc(NC(=O)COc3ccccc3C)cc2)c1. The fourth-order valence-corrected chi connectivity index (χ4v) is 3.61. The highest BCUT2D eigenvalue weighted by molar-refractivity contribution is 7.99. The van der Waals surface area contributed by atoms with Crippen LogP contribution in [0, 0.1) is 20.8 Å². The molecule has 0 fully saturated rings. The maximum absolute atomic E-state index is 12.1. The minimum absolute atomic E-state index is 0.0101. The largest absolute Gasteiger partial charge is 0.483 e. The van der Waals surface area contributed by atoms with Crippen molar-refractivity contribution in [2.45, 2.75) is 30.6 Å². The molecule has 1 amide bonds. The average molecular weight is 378 g/mol. The molecule has 0 radical (unpaired) electrons. The minimum Gasteiger partial charge on any atom is -0.483 e. The Morgan fingerprint density at radius 2 is 1.67 bits per heavy atom. The monoisotopic (exact) mass is 377 g/mol. The number of hydrogen-bond acceptors (Lipinski definition) is 3. The fourth-order valence-electron chi connectivity index (χ4n) is 2.61. The average Bonchev–Trinajstić information content (AvgIpc) is 2.66. The van der Waals surface area contributed by atoms with Crippen LogP contribution < -0.4 is 10.1 Å². The first kappa shape index (κ1) is 19.1. The summed E-state index contributed by atoms with van der Waals surface area (Å²) in [6.45, 7) is 6.16. The van der Waals surface area contributed by atoms with E-state index in [1.165, 1.54) is 16.0 Å². The van der Waals surface area contributed by atoms with Crippen molar-refractivity contribution in [2.75, 3.05) is 11.9 Å². The molecule has 0 saturated heterocycles. The highest BCUT2D eigenvalue weighted by atomic mass is 32.2. The maximum Gasteiger partial charge on any atom is 0.262 e. The molecule has 0 atom stereocenters. The van der Waals surface area contributed by atoms with Gasteiger partial charge in [-0.3, -0.25) is 4.79 Å². The molecule has 0 bridgehead atoms. The molecular formula is C23H23NO2S. The normalized spacial score (nSPS) is 10.5. The van der Waals surface area contributed by atoms with Gasteiger partial charge in [0.15, 0.2) is 6.61 Å². The molecule has 0 aromatic heterocycles. The van der Waals surface area contributed by atoms with E-state index in [0.717, 1.165) is 21.9 Å². The van der Waals surface area contributed by atoms with Gasteiger partial charge in [-0.15, -0.1) is 0 Å². The Morgan fingerprint density at radius 3 is 2.41 bits per heavy atom. The number of ether oxygens (including phenoxy) is 1. The van der Waals surface area contributed by atoms with E-state index in [1.807, 2.05) is 55.5 Å². The zero-order valence-corrected chi connectivity index (χ0v) is 16.6. The number of carbonyl (C=O) groups is 1. The first-order valence-corrected chi connectivity index (χ1v) is 9.66. The molecule has 4 heteroatoms. The fraction of sp³-hybridized carbons (Fsp3) is 0.174. The molecule has 0 spiro atoms. The van der Waals surface area contributed by atoms with E-state index in [1.54, 1.807) is 11.8 Å². The molecule has 0 aliphatic carbocycles. The molecule has 0 aliphatic heterocycles. The van der Waals surface area contributed by atoms with Crippen molar-refractivity contribution in [3.8, 4) is 5.75 Å². The Bertz CT molecular complexity index is 935. The Kier molecular flexibility index (Phi) is 6.20. The quantitative estimate of drug-likeness (QED) is 0.592. The first-order valence-electron chi connectivity index (χ1n) is 8.85. The molecule has 0 unspecified atom stereocenters. The second kappa shape index (κ2) is 8.78. The summed E-state index contributed by atoms with van der Waals surface area (Å²) < 4.78 is 5.58. The van der Waals surface area contributed by atoms with Crippen LogP contribution in [-0.2, 0) is 4.79 Å². The third-order valence-corrected chi connectivity index (χ3v) is 5.33. The van der Waals surface area contributed by atoms with Crippen LogP contribution in [0.4, 0.5) is 5.69 Å². The summed E-state index contributed by atoms with van der Waals surface area (Å²) in [7, 11) is 0. The van der Waals surface area contributed by atoms with E-state index in [9.17, 15) is 4.79 Å². The Labute approximate surface area is 164 Å². The Morgan fingerprint density at radius 1 is 0.926 bits per heavy atom. The lowest BCUT2D eigenvalue weighted by molar-refractivity contribution is -0.118. The predicted molar refractivity (Wildman–Crippen MR) is 112 cm³/mol. The van der Waals surface area contributed by atoms with Crippen LogP contribution in [0.25, 0.3) is 0 Å². The molecule has 3 aromatic rings. The summed E-state index contributed by atoms with van der Waals surface area (Å²) in [4.78, 5) is 14.5. The van der Waals surface area contributed by atoms with Crippen LogP contribution in [0.15, 0.2) is 76.5 Å². The summed E-state index contributed by atoms with van der Waals surface area (Å²) in [5.74, 6) is 0.557. The molecule has 3 aromatic carbocycles. The molecular weight excluding hydrogens is 354 g/mol. The zero-order valence-electron chi connectivity index (χ0n) is 15.8. The van der Waals surface area contributed by atoms with E-state index >= 15 is 0 Å². The van der Waals surface area contributed by atoms with Crippen molar-refractivity contribution < 1.29 is 9.53 Å². The minimum atomic E-state index is -0.173. The number of anilines is 1. The Hall–Kier alpha value is -2.72. The van der Waals surface area contributed by atoms with Gasteiger partial charge < -0.3 is 10.1 Å². The lowest BCUT2D eigenvalue weighted by Gasteiger charge is -2.10. The molecule has 3 rings (SSSR count). The number of carbonyl (C=O) groups excluding carboxylic acids is 1. The second-order valence-corrected chi connectivity index (χ2v) is 7.61. The van der Waals surface area contributed by atoms with Crippen molar-refractivity contribution >= 4 is 23.4 Å². The van der Waals surface area contributed by atoms with Gasteiger partial charge in [-0.05, 0) is 73.9 Å². The summed E-state index contributed by atoms with van der Waals surface area (Å²) in [5.41, 5.74) is 4.29. The molecule has 0 aliphatic rings. The van der Waals surface area contributed by atoms with Crippen molar-refractivity contribution in [2.24, 2.45) is 0 Å². The van der Waals surface area contributed by atoms with Crippen LogP contribution in [0.3, 0.4) is 0 Å².